The Morgan fingerprint density at radius 2 is 2.20 bits per heavy atom. The molecule has 2 atom stereocenters. The summed E-state index contributed by atoms with van der Waals surface area (Å²) in [4.78, 5) is 0. The van der Waals surface area contributed by atoms with Crippen LogP contribution in [0.5, 0.6) is 0 Å². The fourth-order valence-electron chi connectivity index (χ4n) is 2.72. The van der Waals surface area contributed by atoms with Crippen LogP contribution in [0.1, 0.15) is 51.8 Å². The van der Waals surface area contributed by atoms with Gasteiger partial charge in [-0.3, -0.25) is 4.68 Å². The molecular formula is C15H26BrN3O. The van der Waals surface area contributed by atoms with Gasteiger partial charge in [-0.05, 0) is 61.5 Å². The van der Waals surface area contributed by atoms with E-state index in [2.05, 4.69) is 51.8 Å². The van der Waals surface area contributed by atoms with Crippen LogP contribution in [-0.4, -0.2) is 29.0 Å². The smallest absolute Gasteiger partial charge is 0.0813 e. The lowest BCUT2D eigenvalue weighted by molar-refractivity contribution is 0.0162. The number of ether oxygens (including phenoxy) is 1. The SMILES string of the molecule is CCCNC(c1c(Br)cnn1CC)C(OCC)C1CC1. The minimum Gasteiger partial charge on any atom is -0.376 e. The second-order valence-electron chi connectivity index (χ2n) is 5.38. The van der Waals surface area contributed by atoms with E-state index in [-0.39, 0.29) is 12.1 Å². The largest absolute Gasteiger partial charge is 0.376 e. The normalized spacial score (nSPS) is 18.2. The molecule has 1 N–H and O–H groups in total. The molecule has 2 unspecified atom stereocenters. The van der Waals surface area contributed by atoms with Crippen LogP contribution in [0.3, 0.4) is 0 Å². The molecule has 1 fully saturated rings. The average molecular weight is 344 g/mol. The van der Waals surface area contributed by atoms with Gasteiger partial charge in [0.05, 0.1) is 28.5 Å². The Morgan fingerprint density at radius 3 is 2.75 bits per heavy atom. The summed E-state index contributed by atoms with van der Waals surface area (Å²) in [6.45, 7) is 9.06. The molecule has 1 heterocycles. The number of halogens is 1. The van der Waals surface area contributed by atoms with Gasteiger partial charge in [0.25, 0.3) is 0 Å². The number of nitrogens with zero attached hydrogens (tertiary/aromatic N) is 2. The summed E-state index contributed by atoms with van der Waals surface area (Å²) < 4.78 is 9.24. The highest BCUT2D eigenvalue weighted by atomic mass is 79.9. The van der Waals surface area contributed by atoms with Crippen LogP contribution in [0.15, 0.2) is 10.7 Å². The molecule has 20 heavy (non-hydrogen) atoms. The van der Waals surface area contributed by atoms with Crippen molar-refractivity contribution in [2.45, 2.75) is 58.7 Å². The standard InChI is InChI=1S/C15H26BrN3O/c1-4-9-17-13(15(20-6-3)11-7-8-11)14-12(16)10-18-19(14)5-2/h10-11,13,15,17H,4-9H2,1-3H3. The molecule has 1 aromatic heterocycles. The topological polar surface area (TPSA) is 39.1 Å². The highest BCUT2D eigenvalue weighted by Gasteiger charge is 2.39. The van der Waals surface area contributed by atoms with E-state index in [9.17, 15) is 0 Å². The summed E-state index contributed by atoms with van der Waals surface area (Å²) >= 11 is 3.66. The maximum Gasteiger partial charge on any atom is 0.0813 e. The summed E-state index contributed by atoms with van der Waals surface area (Å²) in [7, 11) is 0. The van der Waals surface area contributed by atoms with Crippen LogP contribution in [0.2, 0.25) is 0 Å². The van der Waals surface area contributed by atoms with Crippen molar-refractivity contribution in [2.24, 2.45) is 5.92 Å². The maximum atomic E-state index is 6.08. The molecule has 0 aromatic carbocycles. The van der Waals surface area contributed by atoms with Crippen LogP contribution in [-0.2, 0) is 11.3 Å². The molecule has 1 aromatic rings. The molecule has 0 spiro atoms. The summed E-state index contributed by atoms with van der Waals surface area (Å²) in [5.41, 5.74) is 1.23. The maximum absolute atomic E-state index is 6.08. The van der Waals surface area contributed by atoms with Crippen molar-refractivity contribution >= 4 is 15.9 Å². The van der Waals surface area contributed by atoms with E-state index in [1.54, 1.807) is 0 Å². The zero-order valence-electron chi connectivity index (χ0n) is 12.7. The quantitative estimate of drug-likeness (QED) is 0.745. The molecule has 4 nitrogen and oxygen atoms in total. The number of aryl methyl sites for hydroxylation is 1. The molecule has 0 amide bonds. The first-order chi connectivity index (χ1) is 9.72. The van der Waals surface area contributed by atoms with Crippen LogP contribution < -0.4 is 5.32 Å². The van der Waals surface area contributed by atoms with Crippen molar-refractivity contribution in [3.8, 4) is 0 Å². The molecule has 1 saturated carbocycles. The Kier molecular flexibility index (Phi) is 6.05. The molecule has 114 valence electrons. The van der Waals surface area contributed by atoms with Gasteiger partial charge in [-0.1, -0.05) is 6.92 Å². The summed E-state index contributed by atoms with van der Waals surface area (Å²) in [6, 6.07) is 0.222. The van der Waals surface area contributed by atoms with Gasteiger partial charge in [0.15, 0.2) is 0 Å². The number of nitrogens with one attached hydrogen (secondary N) is 1. The molecule has 2 rings (SSSR count). The number of rotatable bonds is 9. The zero-order chi connectivity index (χ0) is 14.5. The lowest BCUT2D eigenvalue weighted by Crippen LogP contribution is -2.37. The van der Waals surface area contributed by atoms with E-state index < -0.39 is 0 Å². The van der Waals surface area contributed by atoms with Crippen LogP contribution in [0.25, 0.3) is 0 Å². The van der Waals surface area contributed by atoms with Gasteiger partial charge in [0.1, 0.15) is 0 Å². The lowest BCUT2D eigenvalue weighted by atomic mass is 10.0. The third-order valence-electron chi connectivity index (χ3n) is 3.82. The minimum atomic E-state index is 0.222. The Hall–Kier alpha value is -0.390. The third kappa shape index (κ3) is 3.62. The molecule has 1 aliphatic carbocycles. The van der Waals surface area contributed by atoms with E-state index in [0.29, 0.717) is 5.92 Å². The van der Waals surface area contributed by atoms with Crippen LogP contribution in [0.4, 0.5) is 0 Å². The second kappa shape index (κ2) is 7.57. The van der Waals surface area contributed by atoms with E-state index in [1.807, 2.05) is 6.20 Å². The molecule has 5 heteroatoms. The first kappa shape index (κ1) is 16.0. The van der Waals surface area contributed by atoms with E-state index >= 15 is 0 Å². The molecule has 0 radical (unpaired) electrons. The predicted octanol–water partition coefficient (Wildman–Crippen LogP) is 3.52. The predicted molar refractivity (Wildman–Crippen MR) is 84.8 cm³/mol. The molecule has 1 aliphatic rings. The molecule has 0 bridgehead atoms. The second-order valence-corrected chi connectivity index (χ2v) is 6.24. The minimum absolute atomic E-state index is 0.222. The molecular weight excluding hydrogens is 318 g/mol. The monoisotopic (exact) mass is 343 g/mol. The van der Waals surface area contributed by atoms with E-state index in [0.717, 1.165) is 30.6 Å². The van der Waals surface area contributed by atoms with Gasteiger partial charge >= 0.3 is 0 Å². The lowest BCUT2D eigenvalue weighted by Gasteiger charge is -2.29. The van der Waals surface area contributed by atoms with Crippen molar-refractivity contribution in [3.05, 3.63) is 16.4 Å². The fourth-order valence-corrected chi connectivity index (χ4v) is 3.27. The van der Waals surface area contributed by atoms with Crippen molar-refractivity contribution in [1.82, 2.24) is 15.1 Å². The van der Waals surface area contributed by atoms with Crippen LogP contribution in [0, 0.1) is 5.92 Å². The highest BCUT2D eigenvalue weighted by Crippen LogP contribution is 2.41. The van der Waals surface area contributed by atoms with Gasteiger partial charge in [-0.25, -0.2) is 0 Å². The van der Waals surface area contributed by atoms with Crippen molar-refractivity contribution in [3.63, 3.8) is 0 Å². The van der Waals surface area contributed by atoms with Crippen molar-refractivity contribution in [2.75, 3.05) is 13.2 Å². The third-order valence-corrected chi connectivity index (χ3v) is 4.43. The highest BCUT2D eigenvalue weighted by molar-refractivity contribution is 9.10. The first-order valence-electron chi connectivity index (χ1n) is 7.79. The van der Waals surface area contributed by atoms with Gasteiger partial charge in [0.2, 0.25) is 0 Å². The van der Waals surface area contributed by atoms with Crippen molar-refractivity contribution in [1.29, 1.82) is 0 Å². The summed E-state index contributed by atoms with van der Waals surface area (Å²) in [5.74, 6) is 0.691. The van der Waals surface area contributed by atoms with Gasteiger partial charge in [0, 0.05) is 13.2 Å². The van der Waals surface area contributed by atoms with Crippen LogP contribution >= 0.6 is 15.9 Å². The Balaban J connectivity index is 2.27. The summed E-state index contributed by atoms with van der Waals surface area (Å²) in [6.07, 6.45) is 5.84. The average Bonchev–Trinajstić information content (AvgIpc) is 3.22. The zero-order valence-corrected chi connectivity index (χ0v) is 14.3. The number of aromatic nitrogens is 2. The Bertz CT molecular complexity index is 417. The van der Waals surface area contributed by atoms with Gasteiger partial charge in [-0.2, -0.15) is 5.10 Å². The fraction of sp³-hybridized carbons (Fsp3) is 0.800. The van der Waals surface area contributed by atoms with Crippen molar-refractivity contribution < 1.29 is 4.74 Å². The number of hydrogen-bond donors (Lipinski definition) is 1. The molecule has 0 aliphatic heterocycles. The Morgan fingerprint density at radius 1 is 1.45 bits per heavy atom. The van der Waals surface area contributed by atoms with E-state index in [4.69, 9.17) is 4.74 Å². The number of hydrogen-bond acceptors (Lipinski definition) is 3. The van der Waals surface area contributed by atoms with Gasteiger partial charge < -0.3 is 10.1 Å². The van der Waals surface area contributed by atoms with E-state index in [1.165, 1.54) is 18.5 Å². The molecule has 0 saturated heterocycles. The first-order valence-corrected chi connectivity index (χ1v) is 8.58. The Labute approximate surface area is 130 Å². The summed E-state index contributed by atoms with van der Waals surface area (Å²) in [5, 5.41) is 8.14. The van der Waals surface area contributed by atoms with Gasteiger partial charge in [-0.15, -0.1) is 0 Å².